The van der Waals surface area contributed by atoms with E-state index >= 15 is 0 Å². The molecule has 0 N–H and O–H groups in total. The zero-order valence-corrected chi connectivity index (χ0v) is 13.8. The minimum absolute atomic E-state index is 0.132. The Kier molecular flexibility index (Phi) is 4.83. The molecule has 0 aromatic heterocycles. The monoisotopic (exact) mass is 372 g/mol. The molecule has 0 saturated heterocycles. The Morgan fingerprint density at radius 2 is 1.32 bits per heavy atom. The number of hydrogen-bond acceptors (Lipinski definition) is 0. The highest BCUT2D eigenvalue weighted by molar-refractivity contribution is 6.55. The first-order valence-electron chi connectivity index (χ1n) is 5.12. The molecule has 0 saturated carbocycles. The zero-order chi connectivity index (χ0) is 14.2. The summed E-state index contributed by atoms with van der Waals surface area (Å²) >= 11 is 36.9. The number of alkyl halides is 2. The van der Waals surface area contributed by atoms with Crippen LogP contribution in [-0.2, 0) is 4.33 Å². The topological polar surface area (TPSA) is 0 Å². The van der Waals surface area contributed by atoms with Crippen LogP contribution in [0.3, 0.4) is 0 Å². The average Bonchev–Trinajstić information content (AvgIpc) is 2.41. The fraction of sp³-hybridized carbons (Fsp3) is 0.0769. The summed E-state index contributed by atoms with van der Waals surface area (Å²) in [4.78, 5) is 0. The fourth-order valence-corrected chi connectivity index (χ4v) is 3.19. The van der Waals surface area contributed by atoms with E-state index in [-0.39, 0.29) is 20.1 Å². The molecule has 0 spiro atoms. The first kappa shape index (κ1) is 15.6. The predicted octanol–water partition coefficient (Wildman–Crippen LogP) is 6.98. The number of rotatable bonds is 2. The van der Waals surface area contributed by atoms with Crippen molar-refractivity contribution in [2.24, 2.45) is 0 Å². The van der Waals surface area contributed by atoms with E-state index in [2.05, 4.69) is 0 Å². The quantitative estimate of drug-likeness (QED) is 0.302. The minimum Gasteiger partial charge on any atom is -0.0909 e. The molecule has 100 valence electrons. The Balaban J connectivity index is 2.65. The molecule has 0 aliphatic carbocycles. The fourth-order valence-electron chi connectivity index (χ4n) is 1.60. The number of hydrogen-bond donors (Lipinski definition) is 0. The van der Waals surface area contributed by atoms with Crippen molar-refractivity contribution in [3.05, 3.63) is 67.6 Å². The maximum absolute atomic E-state index is 6.41. The van der Waals surface area contributed by atoms with Gasteiger partial charge in [0.25, 0.3) is 0 Å². The van der Waals surface area contributed by atoms with Crippen LogP contribution in [0.25, 0.3) is 0 Å². The van der Waals surface area contributed by atoms with Crippen LogP contribution in [0.1, 0.15) is 11.1 Å². The molecule has 6 heteroatoms. The summed E-state index contributed by atoms with van der Waals surface area (Å²) < 4.78 is -1.36. The molecule has 0 heterocycles. The van der Waals surface area contributed by atoms with E-state index in [1.54, 1.807) is 12.1 Å². The molecule has 0 amide bonds. The SMILES string of the molecule is Clc1cc(C(Cl)(Cl)c2ccccc2)c(Cl)c(Cl)c1Cl. The maximum atomic E-state index is 6.41. The van der Waals surface area contributed by atoms with Crippen LogP contribution >= 0.6 is 69.6 Å². The van der Waals surface area contributed by atoms with Gasteiger partial charge in [0.1, 0.15) is 0 Å². The van der Waals surface area contributed by atoms with Gasteiger partial charge in [-0.25, -0.2) is 0 Å². The van der Waals surface area contributed by atoms with Crippen molar-refractivity contribution in [1.29, 1.82) is 0 Å². The van der Waals surface area contributed by atoms with E-state index in [9.17, 15) is 0 Å². The maximum Gasteiger partial charge on any atom is 0.169 e. The van der Waals surface area contributed by atoms with E-state index < -0.39 is 4.33 Å². The van der Waals surface area contributed by atoms with Crippen molar-refractivity contribution in [3.63, 3.8) is 0 Å². The van der Waals surface area contributed by atoms with Gasteiger partial charge in [0, 0.05) is 5.56 Å². The van der Waals surface area contributed by atoms with Crippen molar-refractivity contribution in [2.75, 3.05) is 0 Å². The molecular formula is C13H6Cl6. The van der Waals surface area contributed by atoms with Gasteiger partial charge in [-0.05, 0) is 11.6 Å². The van der Waals surface area contributed by atoms with Crippen LogP contribution in [0, 0.1) is 0 Å². The summed E-state index contributed by atoms with van der Waals surface area (Å²) in [6, 6.07) is 10.6. The molecule has 2 aromatic rings. The van der Waals surface area contributed by atoms with Crippen molar-refractivity contribution >= 4 is 69.6 Å². The van der Waals surface area contributed by atoms with Gasteiger partial charge in [0.2, 0.25) is 0 Å². The van der Waals surface area contributed by atoms with Crippen molar-refractivity contribution < 1.29 is 0 Å². The van der Waals surface area contributed by atoms with Crippen molar-refractivity contribution in [3.8, 4) is 0 Å². The van der Waals surface area contributed by atoms with Gasteiger partial charge in [-0.15, -0.1) is 0 Å². The molecule has 0 fully saturated rings. The van der Waals surface area contributed by atoms with E-state index in [1.165, 1.54) is 6.07 Å². The van der Waals surface area contributed by atoms with E-state index in [0.717, 1.165) is 0 Å². The Morgan fingerprint density at radius 3 is 1.89 bits per heavy atom. The first-order valence-corrected chi connectivity index (χ1v) is 7.39. The van der Waals surface area contributed by atoms with Gasteiger partial charge < -0.3 is 0 Å². The smallest absolute Gasteiger partial charge is 0.0909 e. The molecule has 0 unspecified atom stereocenters. The first-order chi connectivity index (χ1) is 8.85. The Bertz CT molecular complexity index is 606. The van der Waals surface area contributed by atoms with Gasteiger partial charge >= 0.3 is 0 Å². The molecule has 0 atom stereocenters. The van der Waals surface area contributed by atoms with Crippen LogP contribution in [0.15, 0.2) is 36.4 Å². The third kappa shape index (κ3) is 2.95. The number of benzene rings is 2. The lowest BCUT2D eigenvalue weighted by molar-refractivity contribution is 1.04. The third-order valence-electron chi connectivity index (χ3n) is 2.58. The predicted molar refractivity (Wildman–Crippen MR) is 85.4 cm³/mol. The molecule has 0 aliphatic heterocycles. The van der Waals surface area contributed by atoms with Crippen molar-refractivity contribution in [2.45, 2.75) is 4.33 Å². The van der Waals surface area contributed by atoms with Gasteiger partial charge in [0.05, 0.1) is 20.1 Å². The van der Waals surface area contributed by atoms with Gasteiger partial charge in [-0.1, -0.05) is 99.9 Å². The molecule has 19 heavy (non-hydrogen) atoms. The molecular weight excluding hydrogens is 369 g/mol. The van der Waals surface area contributed by atoms with Crippen LogP contribution in [-0.4, -0.2) is 0 Å². The van der Waals surface area contributed by atoms with Gasteiger partial charge in [0.15, 0.2) is 4.33 Å². The Morgan fingerprint density at radius 1 is 0.737 bits per heavy atom. The second kappa shape index (κ2) is 5.89. The molecule has 0 nitrogen and oxygen atoms in total. The second-order valence-corrected chi connectivity index (χ2v) is 6.66. The highest BCUT2D eigenvalue weighted by Gasteiger charge is 2.33. The largest absolute Gasteiger partial charge is 0.169 e. The van der Waals surface area contributed by atoms with Crippen LogP contribution in [0.2, 0.25) is 20.1 Å². The summed E-state index contributed by atoms with van der Waals surface area (Å²) in [6.45, 7) is 0. The highest BCUT2D eigenvalue weighted by atomic mass is 35.5. The molecule has 0 radical (unpaired) electrons. The summed E-state index contributed by atoms with van der Waals surface area (Å²) in [5.41, 5.74) is 1.05. The summed E-state index contributed by atoms with van der Waals surface area (Å²) in [5.74, 6) is 0. The lowest BCUT2D eigenvalue weighted by Crippen LogP contribution is -2.13. The van der Waals surface area contributed by atoms with Gasteiger partial charge in [-0.3, -0.25) is 0 Å². The summed E-state index contributed by atoms with van der Waals surface area (Å²) in [5, 5.41) is 0.735. The average molecular weight is 375 g/mol. The molecule has 0 aliphatic rings. The molecule has 2 aromatic carbocycles. The van der Waals surface area contributed by atoms with E-state index in [0.29, 0.717) is 11.1 Å². The number of halogens is 6. The Labute approximate surface area is 141 Å². The van der Waals surface area contributed by atoms with E-state index in [4.69, 9.17) is 69.6 Å². The molecule has 2 rings (SSSR count). The normalized spacial score (nSPS) is 11.7. The van der Waals surface area contributed by atoms with Crippen LogP contribution in [0.4, 0.5) is 0 Å². The minimum atomic E-state index is -1.36. The van der Waals surface area contributed by atoms with Gasteiger partial charge in [-0.2, -0.15) is 0 Å². The zero-order valence-electron chi connectivity index (χ0n) is 9.23. The standard InChI is InChI=1S/C13H6Cl6/c14-9-6-8(10(15)12(17)11(9)16)13(18,19)7-4-2-1-3-5-7/h1-6H. The lowest BCUT2D eigenvalue weighted by atomic mass is 10.0. The highest BCUT2D eigenvalue weighted by Crippen LogP contribution is 2.49. The van der Waals surface area contributed by atoms with Crippen LogP contribution < -0.4 is 0 Å². The molecule has 0 bridgehead atoms. The summed E-state index contributed by atoms with van der Waals surface area (Å²) in [6.07, 6.45) is 0. The van der Waals surface area contributed by atoms with Crippen molar-refractivity contribution in [1.82, 2.24) is 0 Å². The third-order valence-corrected chi connectivity index (χ3v) is 5.17. The lowest BCUT2D eigenvalue weighted by Gasteiger charge is -2.23. The Hall–Kier alpha value is 0.180. The summed E-state index contributed by atoms with van der Waals surface area (Å²) in [7, 11) is 0. The van der Waals surface area contributed by atoms with Crippen LogP contribution in [0.5, 0.6) is 0 Å². The second-order valence-electron chi connectivity index (χ2n) is 3.79. The van der Waals surface area contributed by atoms with E-state index in [1.807, 2.05) is 18.2 Å².